The van der Waals surface area contributed by atoms with Crippen molar-refractivity contribution in [3.05, 3.63) is 0 Å². The van der Waals surface area contributed by atoms with Gasteiger partial charge in [0, 0.05) is 0 Å². The molecule has 8 heteroatoms. The van der Waals surface area contributed by atoms with E-state index in [-0.39, 0.29) is 6.54 Å². The second kappa shape index (κ2) is 9.82. The summed E-state index contributed by atoms with van der Waals surface area (Å²) < 4.78 is 0. The summed E-state index contributed by atoms with van der Waals surface area (Å²) in [6, 6.07) is -0.872. The summed E-state index contributed by atoms with van der Waals surface area (Å²) in [6.45, 7) is -0.330. The molecule has 0 bridgehead atoms. The lowest BCUT2D eigenvalue weighted by Gasteiger charge is -2.14. The van der Waals surface area contributed by atoms with Gasteiger partial charge in [-0.05, 0) is 19.4 Å². The molecular formula is C11H22N2O6. The Morgan fingerprint density at radius 1 is 1.21 bits per heavy atom. The quantitative estimate of drug-likeness (QED) is 0.226. The van der Waals surface area contributed by atoms with Crippen molar-refractivity contribution in [3.8, 4) is 0 Å². The Labute approximate surface area is 111 Å². The van der Waals surface area contributed by atoms with Crippen LogP contribution in [0.3, 0.4) is 0 Å². The van der Waals surface area contributed by atoms with Gasteiger partial charge >= 0.3 is 5.97 Å². The van der Waals surface area contributed by atoms with Crippen LogP contribution in [0.2, 0.25) is 0 Å². The van der Waals surface area contributed by atoms with E-state index in [9.17, 15) is 14.7 Å². The van der Waals surface area contributed by atoms with Gasteiger partial charge in [0.2, 0.25) is 0 Å². The lowest BCUT2D eigenvalue weighted by Crippen LogP contribution is -2.41. The van der Waals surface area contributed by atoms with Crippen molar-refractivity contribution in [2.75, 3.05) is 19.7 Å². The zero-order valence-corrected chi connectivity index (χ0v) is 10.7. The van der Waals surface area contributed by atoms with Gasteiger partial charge < -0.3 is 31.5 Å². The van der Waals surface area contributed by atoms with Crippen LogP contribution in [0.25, 0.3) is 0 Å². The molecule has 19 heavy (non-hydrogen) atoms. The molecule has 0 radical (unpaired) electrons. The predicted molar refractivity (Wildman–Crippen MR) is 66.4 cm³/mol. The molecule has 0 aliphatic heterocycles. The summed E-state index contributed by atoms with van der Waals surface area (Å²) in [7, 11) is 0. The summed E-state index contributed by atoms with van der Waals surface area (Å²) in [4.78, 5) is 21.7. The first-order chi connectivity index (χ1) is 8.90. The number of rotatable bonds is 11. The van der Waals surface area contributed by atoms with Gasteiger partial charge in [-0.15, -0.1) is 0 Å². The monoisotopic (exact) mass is 278 g/mol. The van der Waals surface area contributed by atoms with Gasteiger partial charge in [-0.2, -0.15) is 0 Å². The fraction of sp³-hybridized carbons (Fsp3) is 0.818. The van der Waals surface area contributed by atoms with Crippen molar-refractivity contribution < 1.29 is 30.0 Å². The second-order valence-corrected chi connectivity index (χ2v) is 4.28. The maximum atomic E-state index is 11.3. The number of ketones is 1. The zero-order valence-electron chi connectivity index (χ0n) is 10.7. The Bertz CT molecular complexity index is 286. The van der Waals surface area contributed by atoms with Crippen molar-refractivity contribution in [3.63, 3.8) is 0 Å². The Kier molecular flexibility index (Phi) is 9.27. The van der Waals surface area contributed by atoms with E-state index in [2.05, 4.69) is 5.32 Å². The lowest BCUT2D eigenvalue weighted by atomic mass is 10.1. The topological polar surface area (TPSA) is 153 Å². The largest absolute Gasteiger partial charge is 0.480 e. The molecule has 8 nitrogen and oxygen atoms in total. The average Bonchev–Trinajstić information content (AvgIpc) is 2.39. The Morgan fingerprint density at radius 3 is 2.37 bits per heavy atom. The minimum atomic E-state index is -1.60. The number of carbonyl (C=O) groups excluding carboxylic acids is 1. The lowest BCUT2D eigenvalue weighted by molar-refractivity contribution is -0.138. The third kappa shape index (κ3) is 7.85. The normalized spacial score (nSPS) is 15.8. The molecule has 3 atom stereocenters. The molecule has 0 amide bonds. The third-order valence-corrected chi connectivity index (χ3v) is 2.62. The van der Waals surface area contributed by atoms with Crippen LogP contribution in [-0.2, 0) is 9.59 Å². The third-order valence-electron chi connectivity index (χ3n) is 2.62. The summed E-state index contributed by atoms with van der Waals surface area (Å²) in [5.41, 5.74) is 5.31. The van der Waals surface area contributed by atoms with Crippen molar-refractivity contribution in [2.24, 2.45) is 5.73 Å². The number of nitrogens with two attached hydrogens (primary N) is 1. The first-order valence-corrected chi connectivity index (χ1v) is 6.09. The van der Waals surface area contributed by atoms with E-state index in [0.29, 0.717) is 25.8 Å². The molecule has 7 N–H and O–H groups in total. The molecular weight excluding hydrogens is 256 g/mol. The number of carboxylic acid groups (broad SMARTS) is 1. The number of aliphatic hydroxyl groups is 3. The van der Waals surface area contributed by atoms with Gasteiger partial charge in [-0.3, -0.25) is 9.59 Å². The minimum absolute atomic E-state index is 0.122. The average molecular weight is 278 g/mol. The first kappa shape index (κ1) is 17.9. The van der Waals surface area contributed by atoms with Crippen molar-refractivity contribution in [1.82, 2.24) is 5.32 Å². The number of aliphatic hydroxyl groups excluding tert-OH is 3. The second-order valence-electron chi connectivity index (χ2n) is 4.28. The SMILES string of the molecule is N[C@@H](CCCCNCC(=O)[C@H](O)[C@H](O)CO)C(=O)O. The number of carbonyl (C=O) groups is 2. The molecule has 0 aromatic heterocycles. The molecule has 0 saturated carbocycles. The summed E-state index contributed by atoms with van der Waals surface area (Å²) in [6.07, 6.45) is -1.46. The number of carboxylic acids is 1. The standard InChI is InChI=1S/C11H22N2O6/c12-7(11(18)19)3-1-2-4-13-5-8(15)10(17)9(16)6-14/h7,9-10,13-14,16-17H,1-6,12H2,(H,18,19)/t7-,9+,10-/m0/s1. The predicted octanol–water partition coefficient (Wildman–Crippen LogP) is -2.56. The highest BCUT2D eigenvalue weighted by Crippen LogP contribution is 1.98. The molecule has 0 rings (SSSR count). The van der Waals surface area contributed by atoms with Crippen LogP contribution >= 0.6 is 0 Å². The molecule has 0 spiro atoms. The summed E-state index contributed by atoms with van der Waals surface area (Å²) in [5, 5.41) is 38.1. The van der Waals surface area contributed by atoms with Crippen LogP contribution in [0, 0.1) is 0 Å². The van der Waals surface area contributed by atoms with Crippen LogP contribution in [0.15, 0.2) is 0 Å². The van der Waals surface area contributed by atoms with Crippen molar-refractivity contribution >= 4 is 11.8 Å². The molecule has 0 fully saturated rings. The number of nitrogens with one attached hydrogen (secondary N) is 1. The molecule has 0 saturated heterocycles. The molecule has 0 aliphatic rings. The van der Waals surface area contributed by atoms with E-state index >= 15 is 0 Å². The fourth-order valence-corrected chi connectivity index (χ4v) is 1.37. The van der Waals surface area contributed by atoms with Gasteiger partial charge in [0.15, 0.2) is 5.78 Å². The molecule has 0 aromatic carbocycles. The smallest absolute Gasteiger partial charge is 0.320 e. The summed E-state index contributed by atoms with van der Waals surface area (Å²) >= 11 is 0. The van der Waals surface area contributed by atoms with E-state index < -0.39 is 36.6 Å². The Morgan fingerprint density at radius 2 is 1.84 bits per heavy atom. The van der Waals surface area contributed by atoms with E-state index in [1.807, 2.05) is 0 Å². The maximum absolute atomic E-state index is 11.3. The van der Waals surface area contributed by atoms with Crippen molar-refractivity contribution in [1.29, 1.82) is 0 Å². The first-order valence-electron chi connectivity index (χ1n) is 6.09. The van der Waals surface area contributed by atoms with Gasteiger partial charge in [0.1, 0.15) is 18.2 Å². The van der Waals surface area contributed by atoms with Gasteiger partial charge in [-0.25, -0.2) is 0 Å². The van der Waals surface area contributed by atoms with Gasteiger partial charge in [0.25, 0.3) is 0 Å². The Balaban J connectivity index is 3.59. The number of hydrogen-bond donors (Lipinski definition) is 6. The molecule has 0 aliphatic carbocycles. The maximum Gasteiger partial charge on any atom is 0.320 e. The van der Waals surface area contributed by atoms with Crippen molar-refractivity contribution in [2.45, 2.75) is 37.5 Å². The number of hydrogen-bond acceptors (Lipinski definition) is 7. The summed E-state index contributed by atoms with van der Waals surface area (Å²) in [5.74, 6) is -1.65. The number of unbranched alkanes of at least 4 members (excludes halogenated alkanes) is 1. The van der Waals surface area contributed by atoms with Gasteiger partial charge in [-0.1, -0.05) is 6.42 Å². The van der Waals surface area contributed by atoms with E-state index in [0.717, 1.165) is 0 Å². The molecule has 0 aromatic rings. The van der Waals surface area contributed by atoms with Crippen LogP contribution in [0.5, 0.6) is 0 Å². The van der Waals surface area contributed by atoms with Crippen LogP contribution < -0.4 is 11.1 Å². The highest BCUT2D eigenvalue weighted by Gasteiger charge is 2.22. The van der Waals surface area contributed by atoms with Crippen LogP contribution in [-0.4, -0.2) is 70.1 Å². The van der Waals surface area contributed by atoms with Crippen LogP contribution in [0.1, 0.15) is 19.3 Å². The van der Waals surface area contributed by atoms with Gasteiger partial charge in [0.05, 0.1) is 13.2 Å². The fourth-order valence-electron chi connectivity index (χ4n) is 1.37. The number of aliphatic carboxylic acids is 1. The minimum Gasteiger partial charge on any atom is -0.480 e. The highest BCUT2D eigenvalue weighted by molar-refractivity contribution is 5.85. The van der Waals surface area contributed by atoms with E-state index in [1.165, 1.54) is 0 Å². The molecule has 112 valence electrons. The molecule has 0 unspecified atom stereocenters. The number of Topliss-reactive ketones (excluding diaryl/α,β-unsaturated/α-hetero) is 1. The zero-order chi connectivity index (χ0) is 14.8. The highest BCUT2D eigenvalue weighted by atomic mass is 16.4. The molecule has 0 heterocycles. The van der Waals surface area contributed by atoms with E-state index in [1.54, 1.807) is 0 Å². The van der Waals surface area contributed by atoms with E-state index in [4.69, 9.17) is 21.1 Å². The Hall–Kier alpha value is -1.06. The van der Waals surface area contributed by atoms with Crippen LogP contribution in [0.4, 0.5) is 0 Å².